The van der Waals surface area contributed by atoms with Crippen LogP contribution in [-0.4, -0.2) is 25.3 Å². The highest BCUT2D eigenvalue weighted by Crippen LogP contribution is 2.17. The summed E-state index contributed by atoms with van der Waals surface area (Å²) in [4.78, 5) is 8.35. The first-order chi connectivity index (χ1) is 7.28. The Morgan fingerprint density at radius 2 is 2.27 bits per heavy atom. The summed E-state index contributed by atoms with van der Waals surface area (Å²) < 4.78 is 4.97. The molecule has 0 amide bonds. The molecule has 0 bridgehead atoms. The van der Waals surface area contributed by atoms with E-state index in [0.717, 1.165) is 12.2 Å². The Morgan fingerprint density at radius 3 is 2.87 bits per heavy atom. The number of rotatable bonds is 4. The maximum absolute atomic E-state index is 4.97. The summed E-state index contributed by atoms with van der Waals surface area (Å²) in [6, 6.07) is 0. The normalized spacial score (nSPS) is 10.8. The van der Waals surface area contributed by atoms with Crippen LogP contribution in [0.2, 0.25) is 0 Å². The number of hydrogen-bond donors (Lipinski definition) is 1. The predicted molar refractivity (Wildman–Crippen MR) is 54.4 cm³/mol. The van der Waals surface area contributed by atoms with Gasteiger partial charge in [0.2, 0.25) is 11.0 Å². The summed E-state index contributed by atoms with van der Waals surface area (Å²) in [6.45, 7) is 3.82. The van der Waals surface area contributed by atoms with E-state index in [1.54, 1.807) is 6.92 Å². The Balaban J connectivity index is 1.93. The summed E-state index contributed by atoms with van der Waals surface area (Å²) in [5.74, 6) is 2.73. The SMILES string of the molecule is CCc1nc(SCc2nc(C)no2)n[nH]1. The molecule has 2 heterocycles. The number of aromatic amines is 1. The first-order valence-electron chi connectivity index (χ1n) is 4.61. The number of aromatic nitrogens is 5. The summed E-state index contributed by atoms with van der Waals surface area (Å²) in [7, 11) is 0. The Labute approximate surface area is 90.9 Å². The molecule has 80 valence electrons. The van der Waals surface area contributed by atoms with Crippen LogP contribution >= 0.6 is 11.8 Å². The van der Waals surface area contributed by atoms with E-state index in [1.165, 1.54) is 11.8 Å². The van der Waals surface area contributed by atoms with Gasteiger partial charge in [-0.15, -0.1) is 5.10 Å². The van der Waals surface area contributed by atoms with E-state index >= 15 is 0 Å². The fraction of sp³-hybridized carbons (Fsp3) is 0.500. The molecule has 0 unspecified atom stereocenters. The topological polar surface area (TPSA) is 80.5 Å². The van der Waals surface area contributed by atoms with Gasteiger partial charge in [0.25, 0.3) is 0 Å². The lowest BCUT2D eigenvalue weighted by Crippen LogP contribution is -1.83. The van der Waals surface area contributed by atoms with Crippen LogP contribution in [0.1, 0.15) is 24.5 Å². The fourth-order valence-corrected chi connectivity index (χ4v) is 1.68. The number of thioether (sulfide) groups is 1. The van der Waals surface area contributed by atoms with Crippen LogP contribution in [0, 0.1) is 6.92 Å². The average molecular weight is 225 g/mol. The second-order valence-corrected chi connectivity index (χ2v) is 3.88. The molecule has 0 aliphatic carbocycles. The molecule has 2 aromatic heterocycles. The van der Waals surface area contributed by atoms with Gasteiger partial charge in [0.1, 0.15) is 5.82 Å². The van der Waals surface area contributed by atoms with Crippen molar-refractivity contribution in [2.45, 2.75) is 31.2 Å². The molecule has 2 rings (SSSR count). The van der Waals surface area contributed by atoms with Crippen molar-refractivity contribution in [1.29, 1.82) is 0 Å². The lowest BCUT2D eigenvalue weighted by molar-refractivity contribution is 0.387. The van der Waals surface area contributed by atoms with Crippen LogP contribution in [0.15, 0.2) is 9.68 Å². The molecule has 0 saturated heterocycles. The highest BCUT2D eigenvalue weighted by Gasteiger charge is 2.06. The van der Waals surface area contributed by atoms with Crippen LogP contribution in [-0.2, 0) is 12.2 Å². The third-order valence-corrected chi connectivity index (χ3v) is 2.57. The van der Waals surface area contributed by atoms with Crippen LogP contribution in [0.5, 0.6) is 0 Å². The van der Waals surface area contributed by atoms with Crippen molar-refractivity contribution in [3.8, 4) is 0 Å². The number of aryl methyl sites for hydroxylation is 2. The van der Waals surface area contributed by atoms with Crippen molar-refractivity contribution in [3.05, 3.63) is 17.5 Å². The number of nitrogens with one attached hydrogen (secondary N) is 1. The molecule has 2 aromatic rings. The third kappa shape index (κ3) is 2.56. The second kappa shape index (κ2) is 4.43. The molecule has 0 radical (unpaired) electrons. The minimum absolute atomic E-state index is 0.598. The van der Waals surface area contributed by atoms with Crippen molar-refractivity contribution < 1.29 is 4.52 Å². The lowest BCUT2D eigenvalue weighted by Gasteiger charge is -1.88. The zero-order valence-corrected chi connectivity index (χ0v) is 9.34. The van der Waals surface area contributed by atoms with Gasteiger partial charge in [-0.2, -0.15) is 4.98 Å². The molecule has 0 spiro atoms. The first-order valence-corrected chi connectivity index (χ1v) is 5.59. The number of H-pyrrole nitrogens is 1. The largest absolute Gasteiger partial charge is 0.338 e. The Bertz CT molecular complexity index is 438. The van der Waals surface area contributed by atoms with E-state index in [2.05, 4.69) is 25.3 Å². The molecular formula is C8H11N5OS. The van der Waals surface area contributed by atoms with Crippen molar-refractivity contribution >= 4 is 11.8 Å². The Hall–Kier alpha value is -1.37. The summed E-state index contributed by atoms with van der Waals surface area (Å²) >= 11 is 1.47. The van der Waals surface area contributed by atoms with Gasteiger partial charge < -0.3 is 4.52 Å². The summed E-state index contributed by atoms with van der Waals surface area (Å²) in [5, 5.41) is 11.3. The number of nitrogens with zero attached hydrogens (tertiary/aromatic N) is 4. The van der Waals surface area contributed by atoms with Crippen molar-refractivity contribution in [2.75, 3.05) is 0 Å². The first kappa shape index (κ1) is 10.2. The monoisotopic (exact) mass is 225 g/mol. The maximum atomic E-state index is 4.97. The van der Waals surface area contributed by atoms with Crippen LogP contribution in [0.25, 0.3) is 0 Å². The van der Waals surface area contributed by atoms with E-state index in [0.29, 0.717) is 22.6 Å². The molecule has 1 N–H and O–H groups in total. The minimum atomic E-state index is 0.598. The number of hydrogen-bond acceptors (Lipinski definition) is 6. The maximum Gasteiger partial charge on any atom is 0.237 e. The second-order valence-electron chi connectivity index (χ2n) is 2.94. The van der Waals surface area contributed by atoms with Crippen LogP contribution in [0.4, 0.5) is 0 Å². The van der Waals surface area contributed by atoms with Gasteiger partial charge in [0, 0.05) is 6.42 Å². The summed E-state index contributed by atoms with van der Waals surface area (Å²) in [6.07, 6.45) is 0.854. The Kier molecular flexibility index (Phi) is 3.00. The lowest BCUT2D eigenvalue weighted by atomic mass is 10.5. The quantitative estimate of drug-likeness (QED) is 0.791. The minimum Gasteiger partial charge on any atom is -0.338 e. The molecule has 6 nitrogen and oxygen atoms in total. The zero-order chi connectivity index (χ0) is 10.7. The van der Waals surface area contributed by atoms with Gasteiger partial charge in [-0.3, -0.25) is 5.10 Å². The summed E-state index contributed by atoms with van der Waals surface area (Å²) in [5.41, 5.74) is 0. The highest BCUT2D eigenvalue weighted by atomic mass is 32.2. The van der Waals surface area contributed by atoms with Crippen LogP contribution in [0.3, 0.4) is 0 Å². The molecule has 15 heavy (non-hydrogen) atoms. The zero-order valence-electron chi connectivity index (χ0n) is 8.52. The van der Waals surface area contributed by atoms with Crippen molar-refractivity contribution in [2.24, 2.45) is 0 Å². The van der Waals surface area contributed by atoms with Gasteiger partial charge in [-0.1, -0.05) is 23.8 Å². The van der Waals surface area contributed by atoms with Gasteiger partial charge >= 0.3 is 0 Å². The Morgan fingerprint density at radius 1 is 1.40 bits per heavy atom. The smallest absolute Gasteiger partial charge is 0.237 e. The fourth-order valence-electron chi connectivity index (χ4n) is 1.03. The van der Waals surface area contributed by atoms with Gasteiger partial charge in [-0.05, 0) is 6.92 Å². The molecule has 0 aliphatic heterocycles. The average Bonchev–Trinajstić information content (AvgIpc) is 2.83. The van der Waals surface area contributed by atoms with Gasteiger partial charge in [-0.25, -0.2) is 4.98 Å². The molecule has 0 fully saturated rings. The molecule has 7 heteroatoms. The standard InChI is InChI=1S/C8H11N5OS/c1-3-6-10-8(12-11-6)15-4-7-9-5(2)13-14-7/h3-4H2,1-2H3,(H,10,11,12). The molecular weight excluding hydrogens is 214 g/mol. The van der Waals surface area contributed by atoms with E-state index in [9.17, 15) is 0 Å². The van der Waals surface area contributed by atoms with Gasteiger partial charge in [0.05, 0.1) is 5.75 Å². The van der Waals surface area contributed by atoms with E-state index in [4.69, 9.17) is 4.52 Å². The van der Waals surface area contributed by atoms with Gasteiger partial charge in [0.15, 0.2) is 5.82 Å². The third-order valence-electron chi connectivity index (χ3n) is 1.74. The van der Waals surface area contributed by atoms with Crippen molar-refractivity contribution in [1.82, 2.24) is 25.3 Å². The molecule has 0 aromatic carbocycles. The molecule has 0 saturated carbocycles. The highest BCUT2D eigenvalue weighted by molar-refractivity contribution is 7.98. The molecule has 0 atom stereocenters. The van der Waals surface area contributed by atoms with Crippen molar-refractivity contribution in [3.63, 3.8) is 0 Å². The molecule has 0 aliphatic rings. The van der Waals surface area contributed by atoms with Crippen LogP contribution < -0.4 is 0 Å². The van der Waals surface area contributed by atoms with E-state index in [1.807, 2.05) is 6.92 Å². The van der Waals surface area contributed by atoms with E-state index in [-0.39, 0.29) is 0 Å². The van der Waals surface area contributed by atoms with E-state index < -0.39 is 0 Å². The predicted octanol–water partition coefficient (Wildman–Crippen LogP) is 1.35.